The Hall–Kier alpha value is -2.47. The molecule has 0 aliphatic carbocycles. The molecule has 0 amide bonds. The van der Waals surface area contributed by atoms with Crippen LogP contribution in [0.25, 0.3) is 0 Å². The minimum atomic E-state index is -0.0576. The van der Waals surface area contributed by atoms with Crippen LogP contribution in [0.3, 0.4) is 0 Å². The molecule has 1 aromatic rings. The van der Waals surface area contributed by atoms with E-state index < -0.39 is 0 Å². The summed E-state index contributed by atoms with van der Waals surface area (Å²) in [6.45, 7) is 6.94. The van der Waals surface area contributed by atoms with Gasteiger partial charge >= 0.3 is 0 Å². The van der Waals surface area contributed by atoms with Crippen molar-refractivity contribution in [1.82, 2.24) is 5.06 Å². The van der Waals surface area contributed by atoms with Crippen LogP contribution in [0.15, 0.2) is 36.2 Å². The number of ether oxygens (including phenoxy) is 2. The molecular formula is C21H28NO5-. The molecule has 1 heterocycles. The number of nitrogens with zero attached hydrogens (tertiary/aromatic N) is 1. The summed E-state index contributed by atoms with van der Waals surface area (Å²) in [5.74, 6) is 1.43. The largest absolute Gasteiger partial charge is 0.758 e. The monoisotopic (exact) mass is 374 g/mol. The van der Waals surface area contributed by atoms with Gasteiger partial charge in [-0.25, -0.2) is 0 Å². The second kappa shape index (κ2) is 10.0. The number of carbonyl (C=O) groups excluding carboxylic acids is 1. The molecule has 0 atom stereocenters. The molecule has 1 N–H and O–H groups in total. The molecule has 0 radical (unpaired) electrons. The SMILES string of the molecule is Cc1c(OCCCCOC2=CC=CN([O-])C2)ccc(C(=O)CC(C)C)c1O. The van der Waals surface area contributed by atoms with Crippen LogP contribution >= 0.6 is 0 Å². The quantitative estimate of drug-likeness (QED) is 0.485. The Bertz CT molecular complexity index is 709. The third kappa shape index (κ3) is 6.32. The van der Waals surface area contributed by atoms with E-state index >= 15 is 0 Å². The number of hydrogen-bond acceptors (Lipinski definition) is 6. The maximum absolute atomic E-state index is 12.2. The smallest absolute Gasteiger partial charge is 0.166 e. The summed E-state index contributed by atoms with van der Waals surface area (Å²) in [5, 5.41) is 22.3. The number of Topliss-reactive ketones (excluding diaryl/α,β-unsaturated/α-hetero) is 1. The number of phenolic OH excluding ortho intramolecular Hbond substituents is 1. The van der Waals surface area contributed by atoms with Gasteiger partial charge in [0.05, 0.1) is 25.3 Å². The van der Waals surface area contributed by atoms with E-state index in [0.717, 1.165) is 17.9 Å². The van der Waals surface area contributed by atoms with Gasteiger partial charge in [0, 0.05) is 12.0 Å². The highest BCUT2D eigenvalue weighted by Gasteiger charge is 2.17. The highest BCUT2D eigenvalue weighted by Crippen LogP contribution is 2.31. The summed E-state index contributed by atoms with van der Waals surface area (Å²) >= 11 is 0. The van der Waals surface area contributed by atoms with E-state index in [1.165, 1.54) is 6.20 Å². The molecule has 0 spiro atoms. The van der Waals surface area contributed by atoms with E-state index in [9.17, 15) is 15.1 Å². The lowest BCUT2D eigenvalue weighted by Crippen LogP contribution is -2.17. The maximum Gasteiger partial charge on any atom is 0.166 e. The highest BCUT2D eigenvalue weighted by molar-refractivity contribution is 5.99. The second-order valence-corrected chi connectivity index (χ2v) is 7.06. The number of benzene rings is 1. The Balaban J connectivity index is 1.76. The lowest BCUT2D eigenvalue weighted by molar-refractivity contribution is 0.0965. The van der Waals surface area contributed by atoms with Crippen LogP contribution in [0.1, 0.15) is 49.0 Å². The fourth-order valence-electron chi connectivity index (χ4n) is 2.73. The molecule has 27 heavy (non-hydrogen) atoms. The number of phenols is 1. The Morgan fingerprint density at radius 1 is 1.26 bits per heavy atom. The molecule has 1 aromatic carbocycles. The van der Waals surface area contributed by atoms with Crippen LogP contribution in [-0.2, 0) is 4.74 Å². The average molecular weight is 374 g/mol. The molecule has 0 saturated carbocycles. The van der Waals surface area contributed by atoms with E-state index in [2.05, 4.69) is 0 Å². The van der Waals surface area contributed by atoms with Gasteiger partial charge in [0.15, 0.2) is 5.78 Å². The van der Waals surface area contributed by atoms with Gasteiger partial charge in [-0.3, -0.25) is 4.79 Å². The zero-order chi connectivity index (χ0) is 19.8. The van der Waals surface area contributed by atoms with Crippen LogP contribution in [0.5, 0.6) is 11.5 Å². The first-order valence-corrected chi connectivity index (χ1v) is 9.31. The lowest BCUT2D eigenvalue weighted by Gasteiger charge is -2.29. The van der Waals surface area contributed by atoms with Crippen molar-refractivity contribution >= 4 is 5.78 Å². The van der Waals surface area contributed by atoms with Gasteiger partial charge in [0.2, 0.25) is 0 Å². The number of rotatable bonds is 10. The summed E-state index contributed by atoms with van der Waals surface area (Å²) in [4.78, 5) is 12.2. The zero-order valence-corrected chi connectivity index (χ0v) is 16.2. The van der Waals surface area contributed by atoms with Crippen molar-refractivity contribution in [1.29, 1.82) is 0 Å². The zero-order valence-electron chi connectivity index (χ0n) is 16.2. The predicted octanol–water partition coefficient (Wildman–Crippen LogP) is 4.32. The first-order valence-electron chi connectivity index (χ1n) is 9.31. The summed E-state index contributed by atoms with van der Waals surface area (Å²) < 4.78 is 11.3. The number of ketones is 1. The van der Waals surface area contributed by atoms with Crippen LogP contribution < -0.4 is 4.74 Å². The van der Waals surface area contributed by atoms with Crippen molar-refractivity contribution in [3.8, 4) is 11.5 Å². The standard InChI is InChI=1S/C21H28NO5/c1-15(2)13-19(23)18-8-9-20(16(3)21(18)24)27-12-5-4-11-26-17-7-6-10-22(25)14-17/h6-10,15,24H,4-5,11-14H2,1-3H3/q-1. The van der Waals surface area contributed by atoms with Gasteiger partial charge in [-0.2, -0.15) is 0 Å². The molecule has 0 aromatic heterocycles. The normalized spacial score (nSPS) is 13.7. The molecule has 1 aliphatic heterocycles. The molecule has 6 nitrogen and oxygen atoms in total. The number of carbonyl (C=O) groups is 1. The Labute approximate surface area is 160 Å². The van der Waals surface area contributed by atoms with Crippen molar-refractivity contribution in [2.24, 2.45) is 5.92 Å². The number of hydrogen-bond donors (Lipinski definition) is 1. The molecule has 0 bridgehead atoms. The van der Waals surface area contributed by atoms with E-state index in [1.807, 2.05) is 13.8 Å². The summed E-state index contributed by atoms with van der Waals surface area (Å²) in [5.41, 5.74) is 0.930. The lowest BCUT2D eigenvalue weighted by atomic mass is 9.98. The van der Waals surface area contributed by atoms with Gasteiger partial charge in [0.1, 0.15) is 17.3 Å². The fourth-order valence-corrected chi connectivity index (χ4v) is 2.73. The molecule has 0 unspecified atom stereocenters. The molecule has 6 heteroatoms. The van der Waals surface area contributed by atoms with Crippen molar-refractivity contribution < 1.29 is 19.4 Å². The topological polar surface area (TPSA) is 82.1 Å². The average Bonchev–Trinajstić information content (AvgIpc) is 2.60. The van der Waals surface area contributed by atoms with Crippen molar-refractivity contribution in [2.75, 3.05) is 19.8 Å². The van der Waals surface area contributed by atoms with Gasteiger partial charge in [0.25, 0.3) is 0 Å². The maximum atomic E-state index is 12.2. The van der Waals surface area contributed by atoms with Crippen molar-refractivity contribution in [3.05, 3.63) is 52.6 Å². The summed E-state index contributed by atoms with van der Waals surface area (Å²) in [6.07, 6.45) is 6.89. The number of hydroxylamine groups is 2. The summed E-state index contributed by atoms with van der Waals surface area (Å²) in [7, 11) is 0. The first kappa shape index (κ1) is 20.8. The number of aromatic hydroxyl groups is 1. The van der Waals surface area contributed by atoms with Crippen LogP contribution in [0.4, 0.5) is 0 Å². The second-order valence-electron chi connectivity index (χ2n) is 7.06. The molecule has 0 saturated heterocycles. The van der Waals surface area contributed by atoms with Gasteiger partial charge < -0.3 is 24.9 Å². The minimum Gasteiger partial charge on any atom is -0.758 e. The van der Waals surface area contributed by atoms with Crippen LogP contribution in [-0.4, -0.2) is 35.7 Å². The molecular weight excluding hydrogens is 346 g/mol. The van der Waals surface area contributed by atoms with E-state index in [4.69, 9.17) is 9.47 Å². The molecule has 148 valence electrons. The highest BCUT2D eigenvalue weighted by atomic mass is 16.5. The first-order chi connectivity index (χ1) is 12.9. The fraction of sp³-hybridized carbons (Fsp3) is 0.476. The number of unbranched alkanes of at least 4 members (excludes halogenated alkanes) is 1. The molecule has 1 aliphatic rings. The van der Waals surface area contributed by atoms with E-state index in [1.54, 1.807) is 31.2 Å². The Morgan fingerprint density at radius 2 is 1.96 bits per heavy atom. The van der Waals surface area contributed by atoms with E-state index in [0.29, 0.717) is 42.3 Å². The Kier molecular flexibility index (Phi) is 7.73. The minimum absolute atomic E-state index is 0.000871. The molecule has 0 fully saturated rings. The number of allylic oxidation sites excluding steroid dienone is 2. The summed E-state index contributed by atoms with van der Waals surface area (Å²) in [6, 6.07) is 3.37. The van der Waals surface area contributed by atoms with E-state index in [-0.39, 0.29) is 24.0 Å². The third-order valence-electron chi connectivity index (χ3n) is 4.21. The van der Waals surface area contributed by atoms with Crippen molar-refractivity contribution in [2.45, 2.75) is 40.0 Å². The van der Waals surface area contributed by atoms with Gasteiger partial charge in [-0.05, 0) is 56.2 Å². The van der Waals surface area contributed by atoms with Crippen LogP contribution in [0, 0.1) is 18.0 Å². The predicted molar refractivity (Wildman–Crippen MR) is 105 cm³/mol. The molecule has 2 rings (SSSR count). The Morgan fingerprint density at radius 3 is 2.63 bits per heavy atom. The van der Waals surface area contributed by atoms with Gasteiger partial charge in [-0.15, -0.1) is 0 Å². The van der Waals surface area contributed by atoms with Crippen molar-refractivity contribution in [3.63, 3.8) is 0 Å². The van der Waals surface area contributed by atoms with Crippen LogP contribution in [0.2, 0.25) is 0 Å². The third-order valence-corrected chi connectivity index (χ3v) is 4.21. The van der Waals surface area contributed by atoms with Gasteiger partial charge in [-0.1, -0.05) is 13.8 Å².